The van der Waals surface area contributed by atoms with Crippen LogP contribution in [0.2, 0.25) is 5.02 Å². The topological polar surface area (TPSA) is 98.0 Å². The van der Waals surface area contributed by atoms with E-state index >= 15 is 0 Å². The van der Waals surface area contributed by atoms with Gasteiger partial charge in [-0.3, -0.25) is 5.10 Å². The lowest BCUT2D eigenvalue weighted by atomic mass is 10.2. The Morgan fingerprint density at radius 3 is 2.56 bits per heavy atom. The number of benzene rings is 1. The van der Waals surface area contributed by atoms with Crippen molar-refractivity contribution in [2.75, 3.05) is 43.4 Å². The summed E-state index contributed by atoms with van der Waals surface area (Å²) in [5.41, 5.74) is 2.97. The Balaban J connectivity index is 1.49. The highest BCUT2D eigenvalue weighted by atomic mass is 35.5. The van der Waals surface area contributed by atoms with Crippen LogP contribution in [0.1, 0.15) is 11.4 Å². The number of likely N-dealkylation sites (N-methyl/N-ethyl adjacent to an activating group) is 1. The van der Waals surface area contributed by atoms with E-state index in [9.17, 15) is 0 Å². The second-order valence-electron chi connectivity index (χ2n) is 8.14. The van der Waals surface area contributed by atoms with Crippen LogP contribution in [0.15, 0.2) is 30.3 Å². The predicted octanol–water partition coefficient (Wildman–Crippen LogP) is 4.24. The number of rotatable bonds is 5. The van der Waals surface area contributed by atoms with E-state index in [1.165, 1.54) is 0 Å². The number of aryl methyl sites for hydroxylation is 2. The van der Waals surface area contributed by atoms with Gasteiger partial charge < -0.3 is 24.8 Å². The van der Waals surface area contributed by atoms with Gasteiger partial charge in [0.05, 0.1) is 5.02 Å². The highest BCUT2D eigenvalue weighted by Crippen LogP contribution is 2.36. The molecule has 4 heterocycles. The Kier molecular flexibility index (Phi) is 5.36. The first kappa shape index (κ1) is 20.6. The van der Waals surface area contributed by atoms with Crippen molar-refractivity contribution in [3.8, 4) is 11.6 Å². The van der Waals surface area contributed by atoms with Crippen molar-refractivity contribution in [2.24, 2.45) is 0 Å². The number of anilines is 3. The maximum absolute atomic E-state index is 6.65. The molecular weight excluding hydrogens is 428 g/mol. The van der Waals surface area contributed by atoms with Gasteiger partial charge in [-0.1, -0.05) is 11.6 Å². The molecule has 1 aliphatic heterocycles. The largest absolute Gasteiger partial charge is 0.437 e. The van der Waals surface area contributed by atoms with Gasteiger partial charge in [0.25, 0.3) is 0 Å². The summed E-state index contributed by atoms with van der Waals surface area (Å²) >= 11 is 6.65. The quantitative estimate of drug-likeness (QED) is 0.416. The van der Waals surface area contributed by atoms with Crippen molar-refractivity contribution in [1.82, 2.24) is 30.0 Å². The number of hydrogen-bond acceptors (Lipinski definition) is 7. The highest BCUT2D eigenvalue weighted by Gasteiger charge is 2.19. The van der Waals surface area contributed by atoms with Crippen molar-refractivity contribution in [2.45, 2.75) is 13.8 Å². The Morgan fingerprint density at radius 2 is 1.81 bits per heavy atom. The number of halogens is 1. The van der Waals surface area contributed by atoms with E-state index in [4.69, 9.17) is 26.3 Å². The molecule has 1 aromatic carbocycles. The molecule has 0 radical (unpaired) electrons. The SMILES string of the molecule is Cc1cc(Nc2cc(Oc3ccc4[nH]c(C)cc4c3Cl)nc(N3CCN(C)CC3)n2)n[nH]1. The van der Waals surface area contributed by atoms with Gasteiger partial charge in [-0.15, -0.1) is 0 Å². The molecule has 1 fully saturated rings. The monoisotopic (exact) mass is 452 g/mol. The van der Waals surface area contributed by atoms with E-state index in [0.717, 1.165) is 48.5 Å². The summed E-state index contributed by atoms with van der Waals surface area (Å²) in [7, 11) is 2.12. The average Bonchev–Trinajstić information content (AvgIpc) is 3.35. The Morgan fingerprint density at radius 1 is 1.00 bits per heavy atom. The number of fused-ring (bicyclic) bond motifs is 1. The zero-order chi connectivity index (χ0) is 22.2. The Bertz CT molecular complexity index is 1260. The minimum Gasteiger partial charge on any atom is -0.437 e. The van der Waals surface area contributed by atoms with Crippen LogP contribution in [0.5, 0.6) is 11.6 Å². The minimum atomic E-state index is 0.414. The fourth-order valence-corrected chi connectivity index (χ4v) is 4.03. The summed E-state index contributed by atoms with van der Waals surface area (Å²) in [6.45, 7) is 7.53. The zero-order valence-corrected chi connectivity index (χ0v) is 19.0. The molecular formula is C22H25ClN8O. The summed E-state index contributed by atoms with van der Waals surface area (Å²) in [5.74, 6) is 2.85. The lowest BCUT2D eigenvalue weighted by Crippen LogP contribution is -2.45. The van der Waals surface area contributed by atoms with Gasteiger partial charge in [0.15, 0.2) is 5.82 Å². The normalized spacial score (nSPS) is 14.8. The number of ether oxygens (including phenoxy) is 1. The third kappa shape index (κ3) is 4.21. The fraction of sp³-hybridized carbons (Fsp3) is 0.318. The number of aromatic nitrogens is 5. The maximum atomic E-state index is 6.65. The molecule has 3 aromatic heterocycles. The van der Waals surface area contributed by atoms with Crippen molar-refractivity contribution in [1.29, 1.82) is 0 Å². The van der Waals surface area contributed by atoms with E-state index in [1.807, 2.05) is 38.1 Å². The minimum absolute atomic E-state index is 0.414. The number of aromatic amines is 2. The van der Waals surface area contributed by atoms with Gasteiger partial charge in [0, 0.05) is 60.6 Å². The van der Waals surface area contributed by atoms with Gasteiger partial charge in [-0.05, 0) is 39.1 Å². The van der Waals surface area contributed by atoms with E-state index in [-0.39, 0.29) is 0 Å². The van der Waals surface area contributed by atoms with Gasteiger partial charge in [-0.2, -0.15) is 15.1 Å². The molecule has 3 N–H and O–H groups in total. The molecule has 166 valence electrons. The van der Waals surface area contributed by atoms with E-state index in [1.54, 1.807) is 6.07 Å². The standard InChI is InChI=1S/C22H25ClN8O/c1-13-10-15-16(24-13)4-5-17(21(15)23)32-20-12-18(25-19-11-14(2)28-29-19)26-22(27-20)31-8-6-30(3)7-9-31/h4-5,10-12,24H,6-9H2,1-3H3,(H2,25,26,27,28,29). The van der Waals surface area contributed by atoms with Crippen LogP contribution in [-0.2, 0) is 0 Å². The first-order valence-electron chi connectivity index (χ1n) is 10.5. The first-order chi connectivity index (χ1) is 15.4. The van der Waals surface area contributed by atoms with Crippen molar-refractivity contribution in [3.63, 3.8) is 0 Å². The van der Waals surface area contributed by atoms with Crippen LogP contribution in [0, 0.1) is 13.8 Å². The van der Waals surface area contributed by atoms with Crippen LogP contribution in [0.25, 0.3) is 10.9 Å². The second kappa shape index (κ2) is 8.33. The summed E-state index contributed by atoms with van der Waals surface area (Å²) in [6, 6.07) is 9.48. The number of nitrogens with zero attached hydrogens (tertiary/aromatic N) is 5. The van der Waals surface area contributed by atoms with Crippen LogP contribution in [-0.4, -0.2) is 63.3 Å². The summed E-state index contributed by atoms with van der Waals surface area (Å²) in [4.78, 5) is 17.1. The predicted molar refractivity (Wildman–Crippen MR) is 126 cm³/mol. The molecule has 0 spiro atoms. The van der Waals surface area contributed by atoms with E-state index < -0.39 is 0 Å². The molecule has 10 heteroatoms. The number of H-pyrrole nitrogens is 2. The van der Waals surface area contributed by atoms with Crippen LogP contribution in [0.3, 0.4) is 0 Å². The fourth-order valence-electron chi connectivity index (χ4n) is 3.77. The van der Waals surface area contributed by atoms with E-state index in [0.29, 0.717) is 34.2 Å². The second-order valence-corrected chi connectivity index (χ2v) is 8.51. The molecule has 0 aliphatic carbocycles. The lowest BCUT2D eigenvalue weighted by Gasteiger charge is -2.32. The molecule has 0 bridgehead atoms. The van der Waals surface area contributed by atoms with E-state index in [2.05, 4.69) is 37.3 Å². The molecule has 1 aliphatic rings. The molecule has 9 nitrogen and oxygen atoms in total. The van der Waals surface area contributed by atoms with Crippen molar-refractivity contribution in [3.05, 3.63) is 46.7 Å². The van der Waals surface area contributed by atoms with Crippen LogP contribution in [0.4, 0.5) is 17.6 Å². The van der Waals surface area contributed by atoms with Crippen LogP contribution >= 0.6 is 11.6 Å². The van der Waals surface area contributed by atoms with Gasteiger partial charge in [0.2, 0.25) is 11.8 Å². The Labute approximate surface area is 190 Å². The zero-order valence-electron chi connectivity index (χ0n) is 18.2. The van der Waals surface area contributed by atoms with Crippen molar-refractivity contribution < 1.29 is 4.74 Å². The smallest absolute Gasteiger partial charge is 0.230 e. The first-order valence-corrected chi connectivity index (χ1v) is 10.9. The number of hydrogen-bond donors (Lipinski definition) is 3. The highest BCUT2D eigenvalue weighted by molar-refractivity contribution is 6.37. The molecule has 0 unspecified atom stereocenters. The number of nitrogens with one attached hydrogen (secondary N) is 3. The molecule has 0 amide bonds. The molecule has 32 heavy (non-hydrogen) atoms. The summed E-state index contributed by atoms with van der Waals surface area (Å²) in [5, 5.41) is 11.9. The average molecular weight is 453 g/mol. The summed E-state index contributed by atoms with van der Waals surface area (Å²) in [6.07, 6.45) is 0. The van der Waals surface area contributed by atoms with Gasteiger partial charge in [0.1, 0.15) is 11.6 Å². The molecule has 5 rings (SSSR count). The summed E-state index contributed by atoms with van der Waals surface area (Å²) < 4.78 is 6.16. The number of piperazine rings is 1. The van der Waals surface area contributed by atoms with Crippen LogP contribution < -0.4 is 15.0 Å². The molecule has 4 aromatic rings. The molecule has 0 atom stereocenters. The van der Waals surface area contributed by atoms with Crippen molar-refractivity contribution >= 4 is 40.1 Å². The van der Waals surface area contributed by atoms with Gasteiger partial charge in [-0.25, -0.2) is 0 Å². The molecule has 0 saturated carbocycles. The third-order valence-corrected chi connectivity index (χ3v) is 5.88. The molecule has 1 saturated heterocycles. The Hall–Kier alpha value is -3.30. The van der Waals surface area contributed by atoms with Gasteiger partial charge >= 0.3 is 0 Å². The third-order valence-electron chi connectivity index (χ3n) is 5.49. The lowest BCUT2D eigenvalue weighted by molar-refractivity contribution is 0.310. The maximum Gasteiger partial charge on any atom is 0.230 e.